The van der Waals surface area contributed by atoms with Crippen molar-refractivity contribution in [1.82, 2.24) is 0 Å². The van der Waals surface area contributed by atoms with Gasteiger partial charge in [0.1, 0.15) is 11.6 Å². The first-order valence-electron chi connectivity index (χ1n) is 4.82. The summed E-state index contributed by atoms with van der Waals surface area (Å²) in [6.07, 6.45) is 0.522. The van der Waals surface area contributed by atoms with E-state index in [0.29, 0.717) is 6.42 Å². The SMILES string of the molecule is CC(C)C[C@H](N)c1c(F)ccc(Cl)c1F. The van der Waals surface area contributed by atoms with E-state index in [9.17, 15) is 8.78 Å². The lowest BCUT2D eigenvalue weighted by Gasteiger charge is -2.16. The predicted molar refractivity (Wildman–Crippen MR) is 57.8 cm³/mol. The normalized spacial score (nSPS) is 13.3. The van der Waals surface area contributed by atoms with Crippen LogP contribution < -0.4 is 5.73 Å². The number of hydrogen-bond donors (Lipinski definition) is 1. The van der Waals surface area contributed by atoms with Crippen molar-refractivity contribution in [1.29, 1.82) is 0 Å². The number of nitrogens with two attached hydrogens (primary N) is 1. The summed E-state index contributed by atoms with van der Waals surface area (Å²) >= 11 is 5.57. The molecule has 1 rings (SSSR count). The average Bonchev–Trinajstić information content (AvgIpc) is 2.11. The van der Waals surface area contributed by atoms with Crippen LogP contribution in [-0.4, -0.2) is 0 Å². The minimum absolute atomic E-state index is 0.0920. The van der Waals surface area contributed by atoms with E-state index in [4.69, 9.17) is 17.3 Å². The molecule has 0 unspecified atom stereocenters. The van der Waals surface area contributed by atoms with E-state index in [2.05, 4.69) is 0 Å². The molecule has 4 heteroatoms. The maximum Gasteiger partial charge on any atom is 0.149 e. The molecule has 0 radical (unpaired) electrons. The molecule has 0 amide bonds. The van der Waals surface area contributed by atoms with Crippen LogP contribution in [0.5, 0.6) is 0 Å². The Labute approximate surface area is 93.2 Å². The maximum absolute atomic E-state index is 13.5. The van der Waals surface area contributed by atoms with Gasteiger partial charge in [0.15, 0.2) is 0 Å². The van der Waals surface area contributed by atoms with Gasteiger partial charge < -0.3 is 5.73 Å². The molecule has 0 bridgehead atoms. The standard InChI is InChI=1S/C11H14ClF2N/c1-6(2)5-9(15)10-8(13)4-3-7(12)11(10)14/h3-4,6,9H,5,15H2,1-2H3/t9-/m0/s1. The van der Waals surface area contributed by atoms with Gasteiger partial charge in [-0.05, 0) is 24.5 Å². The van der Waals surface area contributed by atoms with Gasteiger partial charge in [-0.1, -0.05) is 25.4 Å². The summed E-state index contributed by atoms with van der Waals surface area (Å²) in [5.41, 5.74) is 5.61. The second-order valence-electron chi connectivity index (χ2n) is 3.99. The Morgan fingerprint density at radius 2 is 1.93 bits per heavy atom. The van der Waals surface area contributed by atoms with E-state index in [-0.39, 0.29) is 16.5 Å². The van der Waals surface area contributed by atoms with Gasteiger partial charge in [0.05, 0.1) is 5.02 Å². The van der Waals surface area contributed by atoms with Crippen molar-refractivity contribution < 1.29 is 8.78 Å². The Hall–Kier alpha value is -0.670. The first-order chi connectivity index (χ1) is 6.93. The molecule has 0 saturated carbocycles. The summed E-state index contributed by atoms with van der Waals surface area (Å²) in [4.78, 5) is 0. The minimum Gasteiger partial charge on any atom is -0.324 e. The van der Waals surface area contributed by atoms with Gasteiger partial charge in [0, 0.05) is 11.6 Å². The maximum atomic E-state index is 13.5. The highest BCUT2D eigenvalue weighted by Gasteiger charge is 2.19. The minimum atomic E-state index is -0.746. The molecule has 0 aliphatic carbocycles. The highest BCUT2D eigenvalue weighted by molar-refractivity contribution is 6.30. The molecule has 0 aliphatic heterocycles. The van der Waals surface area contributed by atoms with Gasteiger partial charge in [-0.25, -0.2) is 8.78 Å². The number of rotatable bonds is 3. The van der Waals surface area contributed by atoms with Crippen LogP contribution >= 0.6 is 11.6 Å². The van der Waals surface area contributed by atoms with Gasteiger partial charge in [0.25, 0.3) is 0 Å². The highest BCUT2D eigenvalue weighted by atomic mass is 35.5. The van der Waals surface area contributed by atoms with Crippen LogP contribution in [0.3, 0.4) is 0 Å². The monoisotopic (exact) mass is 233 g/mol. The molecule has 1 nitrogen and oxygen atoms in total. The first-order valence-corrected chi connectivity index (χ1v) is 5.20. The van der Waals surface area contributed by atoms with Crippen LogP contribution in [0.25, 0.3) is 0 Å². The summed E-state index contributed by atoms with van der Waals surface area (Å²) in [7, 11) is 0. The van der Waals surface area contributed by atoms with Gasteiger partial charge in [-0.3, -0.25) is 0 Å². The average molecular weight is 234 g/mol. The fourth-order valence-electron chi connectivity index (χ4n) is 1.51. The zero-order chi connectivity index (χ0) is 11.6. The molecule has 84 valence electrons. The third-order valence-corrected chi connectivity index (χ3v) is 2.47. The molecule has 0 spiro atoms. The molecule has 1 aromatic rings. The van der Waals surface area contributed by atoms with E-state index in [1.165, 1.54) is 6.07 Å². The molecular formula is C11H14ClF2N. The smallest absolute Gasteiger partial charge is 0.149 e. The summed E-state index contributed by atoms with van der Waals surface area (Å²) in [6, 6.07) is 1.68. The Kier molecular flexibility index (Phi) is 4.05. The summed E-state index contributed by atoms with van der Waals surface area (Å²) in [5, 5.41) is -0.0920. The van der Waals surface area contributed by atoms with Crippen molar-refractivity contribution in [3.05, 3.63) is 34.4 Å². The van der Waals surface area contributed by atoms with Gasteiger partial charge in [0.2, 0.25) is 0 Å². The van der Waals surface area contributed by atoms with Crippen molar-refractivity contribution in [3.63, 3.8) is 0 Å². The van der Waals surface area contributed by atoms with Gasteiger partial charge in [-0.15, -0.1) is 0 Å². The lowest BCUT2D eigenvalue weighted by molar-refractivity contribution is 0.463. The first kappa shape index (κ1) is 12.4. The van der Waals surface area contributed by atoms with Crippen LogP contribution in [0, 0.1) is 17.6 Å². The van der Waals surface area contributed by atoms with Crippen molar-refractivity contribution in [2.45, 2.75) is 26.3 Å². The second-order valence-corrected chi connectivity index (χ2v) is 4.40. The van der Waals surface area contributed by atoms with Crippen molar-refractivity contribution in [2.75, 3.05) is 0 Å². The van der Waals surface area contributed by atoms with Crippen LogP contribution in [0.2, 0.25) is 5.02 Å². The quantitative estimate of drug-likeness (QED) is 0.793. The molecule has 1 aromatic carbocycles. The Morgan fingerprint density at radius 1 is 1.33 bits per heavy atom. The zero-order valence-electron chi connectivity index (χ0n) is 8.73. The summed E-state index contributed by atoms with van der Waals surface area (Å²) < 4.78 is 26.9. The van der Waals surface area contributed by atoms with Crippen LogP contribution in [0.1, 0.15) is 31.9 Å². The predicted octanol–water partition coefficient (Wildman–Crippen LogP) is 3.66. The van der Waals surface area contributed by atoms with Crippen LogP contribution in [0.15, 0.2) is 12.1 Å². The molecule has 0 fully saturated rings. The van der Waals surface area contributed by atoms with Crippen LogP contribution in [-0.2, 0) is 0 Å². The van der Waals surface area contributed by atoms with E-state index in [1.54, 1.807) is 0 Å². The number of halogens is 3. The van der Waals surface area contributed by atoms with E-state index >= 15 is 0 Å². The number of benzene rings is 1. The molecule has 0 heterocycles. The molecule has 2 N–H and O–H groups in total. The summed E-state index contributed by atoms with van der Waals surface area (Å²) in [5.74, 6) is -1.10. The largest absolute Gasteiger partial charge is 0.324 e. The van der Waals surface area contributed by atoms with Crippen molar-refractivity contribution in [3.8, 4) is 0 Å². The Balaban J connectivity index is 3.07. The van der Waals surface area contributed by atoms with Gasteiger partial charge in [-0.2, -0.15) is 0 Å². The summed E-state index contributed by atoms with van der Waals surface area (Å²) in [6.45, 7) is 3.89. The molecule has 0 aromatic heterocycles. The molecular weight excluding hydrogens is 220 g/mol. The van der Waals surface area contributed by atoms with E-state index in [0.717, 1.165) is 6.07 Å². The lowest BCUT2D eigenvalue weighted by atomic mass is 9.97. The highest BCUT2D eigenvalue weighted by Crippen LogP contribution is 2.28. The van der Waals surface area contributed by atoms with Crippen molar-refractivity contribution in [2.24, 2.45) is 11.7 Å². The van der Waals surface area contributed by atoms with Crippen molar-refractivity contribution >= 4 is 11.6 Å². The molecule has 1 atom stereocenters. The third-order valence-electron chi connectivity index (χ3n) is 2.18. The topological polar surface area (TPSA) is 26.0 Å². The second kappa shape index (κ2) is 4.90. The fourth-order valence-corrected chi connectivity index (χ4v) is 1.67. The number of hydrogen-bond acceptors (Lipinski definition) is 1. The zero-order valence-corrected chi connectivity index (χ0v) is 9.48. The lowest BCUT2D eigenvalue weighted by Crippen LogP contribution is -2.16. The molecule has 0 saturated heterocycles. The molecule has 15 heavy (non-hydrogen) atoms. The van der Waals surface area contributed by atoms with E-state index < -0.39 is 17.7 Å². The third kappa shape index (κ3) is 2.89. The molecule has 0 aliphatic rings. The van der Waals surface area contributed by atoms with Gasteiger partial charge >= 0.3 is 0 Å². The Bertz CT molecular complexity index is 353. The fraction of sp³-hybridized carbons (Fsp3) is 0.455. The van der Waals surface area contributed by atoms with E-state index in [1.807, 2.05) is 13.8 Å². The Morgan fingerprint density at radius 3 is 2.47 bits per heavy atom. The van der Waals surface area contributed by atoms with Crippen LogP contribution in [0.4, 0.5) is 8.78 Å².